The van der Waals surface area contributed by atoms with Gasteiger partial charge in [-0.25, -0.2) is 4.39 Å². The third kappa shape index (κ3) is 5.29. The van der Waals surface area contributed by atoms with Crippen LogP contribution in [0.1, 0.15) is 29.8 Å². The summed E-state index contributed by atoms with van der Waals surface area (Å²) in [6.07, 6.45) is 1.09. The van der Waals surface area contributed by atoms with Crippen molar-refractivity contribution in [2.45, 2.75) is 20.3 Å². The van der Waals surface area contributed by atoms with Gasteiger partial charge in [-0.1, -0.05) is 13.8 Å². The molecule has 0 aromatic heterocycles. The third-order valence-corrected chi connectivity index (χ3v) is 4.13. The molecule has 6 nitrogen and oxygen atoms in total. The number of nitrogens with one attached hydrogen (secondary N) is 1. The molecule has 0 bridgehead atoms. The maximum absolute atomic E-state index is 12.6. The van der Waals surface area contributed by atoms with Crippen LogP contribution in [0.3, 0.4) is 0 Å². The van der Waals surface area contributed by atoms with E-state index >= 15 is 0 Å². The van der Waals surface area contributed by atoms with Gasteiger partial charge in [0.25, 0.3) is 5.91 Å². The molecule has 1 heterocycles. The van der Waals surface area contributed by atoms with Gasteiger partial charge in [-0.15, -0.1) is 0 Å². The van der Waals surface area contributed by atoms with Gasteiger partial charge in [0, 0.05) is 30.8 Å². The lowest BCUT2D eigenvalue weighted by molar-refractivity contribution is -0.122. The lowest BCUT2D eigenvalue weighted by Gasteiger charge is -2.28. The van der Waals surface area contributed by atoms with Crippen molar-refractivity contribution < 1.29 is 18.7 Å². The van der Waals surface area contributed by atoms with Crippen LogP contribution in [-0.2, 0) is 11.2 Å². The summed E-state index contributed by atoms with van der Waals surface area (Å²) in [6, 6.07) is 5.15. The van der Waals surface area contributed by atoms with Crippen molar-refractivity contribution in [3.63, 3.8) is 0 Å². The van der Waals surface area contributed by atoms with Gasteiger partial charge in [0.1, 0.15) is 12.4 Å². The number of benzene rings is 1. The molecule has 0 saturated carbocycles. The summed E-state index contributed by atoms with van der Waals surface area (Å²) in [4.78, 5) is 26.1. The fourth-order valence-corrected chi connectivity index (χ4v) is 2.61. The minimum absolute atomic E-state index is 0.0599. The summed E-state index contributed by atoms with van der Waals surface area (Å²) < 4.78 is 18.0. The Morgan fingerprint density at radius 2 is 2.23 bits per heavy atom. The first kappa shape index (κ1) is 19.9. The second-order valence-corrected chi connectivity index (χ2v) is 6.75. The van der Waals surface area contributed by atoms with Crippen LogP contribution in [0.15, 0.2) is 30.1 Å². The molecule has 1 aliphatic rings. The Bertz CT molecular complexity index is 689. The average molecular weight is 363 g/mol. The maximum atomic E-state index is 12.6. The lowest BCUT2D eigenvalue weighted by atomic mass is 9.98. The molecular formula is C19H26FN3O3. The molecule has 1 aromatic carbocycles. The molecule has 3 N–H and O–H groups in total. The highest BCUT2D eigenvalue weighted by Gasteiger charge is 2.26. The van der Waals surface area contributed by atoms with E-state index in [0.717, 1.165) is 5.56 Å². The smallest absolute Gasteiger partial charge is 0.254 e. The van der Waals surface area contributed by atoms with Crippen LogP contribution >= 0.6 is 0 Å². The highest BCUT2D eigenvalue weighted by Crippen LogP contribution is 2.24. The van der Waals surface area contributed by atoms with E-state index in [-0.39, 0.29) is 31.5 Å². The van der Waals surface area contributed by atoms with Crippen LogP contribution < -0.4 is 15.8 Å². The number of hydrogen-bond donors (Lipinski definition) is 2. The molecular weight excluding hydrogens is 337 g/mol. The van der Waals surface area contributed by atoms with Crippen LogP contribution in [0.5, 0.6) is 5.75 Å². The number of nitrogens with two attached hydrogens (primary N) is 1. The second-order valence-electron chi connectivity index (χ2n) is 6.75. The van der Waals surface area contributed by atoms with Gasteiger partial charge in [-0.3, -0.25) is 9.59 Å². The zero-order chi connectivity index (χ0) is 19.1. The summed E-state index contributed by atoms with van der Waals surface area (Å²) in [7, 11) is 0. The molecule has 0 atom stereocenters. The third-order valence-electron chi connectivity index (χ3n) is 4.13. The quantitative estimate of drug-likeness (QED) is 0.735. The first-order valence-corrected chi connectivity index (χ1v) is 8.74. The van der Waals surface area contributed by atoms with E-state index in [1.165, 1.54) is 0 Å². The van der Waals surface area contributed by atoms with E-state index in [4.69, 9.17) is 10.5 Å². The van der Waals surface area contributed by atoms with Gasteiger partial charge >= 0.3 is 0 Å². The fourth-order valence-electron chi connectivity index (χ4n) is 2.61. The average Bonchev–Trinajstić information content (AvgIpc) is 2.63. The number of carbonyl (C=O) groups excluding carboxylic acids is 2. The number of hydrogen-bond acceptors (Lipinski definition) is 4. The molecule has 0 radical (unpaired) electrons. The van der Waals surface area contributed by atoms with Gasteiger partial charge in [0.15, 0.2) is 0 Å². The zero-order valence-electron chi connectivity index (χ0n) is 15.3. The van der Waals surface area contributed by atoms with Crippen molar-refractivity contribution >= 4 is 11.8 Å². The van der Waals surface area contributed by atoms with Gasteiger partial charge in [-0.05, 0) is 36.1 Å². The Hall–Kier alpha value is -2.41. The highest BCUT2D eigenvalue weighted by molar-refractivity contribution is 5.98. The Kier molecular flexibility index (Phi) is 7.15. The monoisotopic (exact) mass is 363 g/mol. The number of carbonyl (C=O) groups is 2. The van der Waals surface area contributed by atoms with Gasteiger partial charge in [0.05, 0.1) is 12.9 Å². The Balaban J connectivity index is 1.98. The topological polar surface area (TPSA) is 84.7 Å². The van der Waals surface area contributed by atoms with Gasteiger partial charge in [-0.2, -0.15) is 0 Å². The Morgan fingerprint density at radius 3 is 2.88 bits per heavy atom. The molecule has 0 fully saturated rings. The van der Waals surface area contributed by atoms with E-state index in [2.05, 4.69) is 5.32 Å². The van der Waals surface area contributed by atoms with Crippen LogP contribution in [0, 0.1) is 5.92 Å². The molecule has 2 rings (SSSR count). The Morgan fingerprint density at radius 1 is 1.46 bits per heavy atom. The highest BCUT2D eigenvalue weighted by atomic mass is 19.1. The summed E-state index contributed by atoms with van der Waals surface area (Å²) >= 11 is 0. The SMILES string of the molecule is CC(C)CNC(=O)CN1CCc2cc(OC/C(=C/F)CN)ccc2C1=O. The predicted molar refractivity (Wildman–Crippen MR) is 97.6 cm³/mol. The van der Waals surface area contributed by atoms with Crippen molar-refractivity contribution in [3.05, 3.63) is 41.2 Å². The van der Waals surface area contributed by atoms with Gasteiger partial charge < -0.3 is 20.7 Å². The maximum Gasteiger partial charge on any atom is 0.254 e. The number of halogens is 1. The molecule has 7 heteroatoms. The minimum atomic E-state index is -0.163. The molecule has 26 heavy (non-hydrogen) atoms. The van der Waals surface area contributed by atoms with Crippen molar-refractivity contribution in [2.24, 2.45) is 11.7 Å². The second kappa shape index (κ2) is 9.33. The molecule has 2 amide bonds. The van der Waals surface area contributed by atoms with Crippen LogP contribution in [0.4, 0.5) is 4.39 Å². The molecule has 1 aromatic rings. The lowest BCUT2D eigenvalue weighted by Crippen LogP contribution is -2.44. The summed E-state index contributed by atoms with van der Waals surface area (Å²) in [5.41, 5.74) is 7.19. The van der Waals surface area contributed by atoms with E-state index in [0.29, 0.717) is 48.6 Å². The molecule has 0 aliphatic carbocycles. The molecule has 0 unspecified atom stereocenters. The minimum Gasteiger partial charge on any atom is -0.489 e. The number of ether oxygens (including phenoxy) is 1. The van der Waals surface area contributed by atoms with E-state index in [9.17, 15) is 14.0 Å². The van der Waals surface area contributed by atoms with Crippen molar-refractivity contribution in [3.8, 4) is 5.75 Å². The van der Waals surface area contributed by atoms with E-state index in [1.807, 2.05) is 13.8 Å². The largest absolute Gasteiger partial charge is 0.489 e. The van der Waals surface area contributed by atoms with E-state index < -0.39 is 0 Å². The van der Waals surface area contributed by atoms with Crippen molar-refractivity contribution in [1.29, 1.82) is 0 Å². The normalized spacial score (nSPS) is 14.4. The van der Waals surface area contributed by atoms with E-state index in [1.54, 1.807) is 23.1 Å². The van der Waals surface area contributed by atoms with Crippen molar-refractivity contribution in [2.75, 3.05) is 32.8 Å². The standard InChI is InChI=1S/C19H26FN3O3/c1-13(2)10-22-18(24)11-23-6-5-15-7-16(3-4-17(15)19(23)25)26-12-14(8-20)9-21/h3-4,7-8,13H,5-6,9-12,21H2,1-2H3,(H,22,24)/b14-8+. The van der Waals surface area contributed by atoms with Crippen LogP contribution in [0.25, 0.3) is 0 Å². The van der Waals surface area contributed by atoms with Crippen LogP contribution in [-0.4, -0.2) is 49.5 Å². The molecule has 142 valence electrons. The molecule has 1 aliphatic heterocycles. The van der Waals surface area contributed by atoms with Crippen LogP contribution in [0.2, 0.25) is 0 Å². The summed E-state index contributed by atoms with van der Waals surface area (Å²) in [6.45, 7) is 5.32. The number of fused-ring (bicyclic) bond motifs is 1. The first-order valence-electron chi connectivity index (χ1n) is 8.74. The number of amides is 2. The van der Waals surface area contributed by atoms with Crippen molar-refractivity contribution in [1.82, 2.24) is 10.2 Å². The predicted octanol–water partition coefficient (Wildman–Crippen LogP) is 1.65. The summed E-state index contributed by atoms with van der Waals surface area (Å²) in [5.74, 6) is 0.612. The first-order chi connectivity index (χ1) is 12.4. The molecule has 0 spiro atoms. The van der Waals surface area contributed by atoms with Gasteiger partial charge in [0.2, 0.25) is 5.91 Å². The zero-order valence-corrected chi connectivity index (χ0v) is 15.3. The number of rotatable bonds is 8. The number of nitrogens with zero attached hydrogens (tertiary/aromatic N) is 1. The Labute approximate surface area is 153 Å². The fraction of sp³-hybridized carbons (Fsp3) is 0.474. The summed E-state index contributed by atoms with van der Waals surface area (Å²) in [5, 5.41) is 2.82. The molecule has 0 saturated heterocycles.